The molecule has 1 saturated heterocycles. The number of halogens is 3. The third-order valence-corrected chi connectivity index (χ3v) is 14.2. The molecule has 0 spiro atoms. The fraction of sp³-hybridized carbons (Fsp3) is 0.529. The molecule has 260 valence electrons. The number of aryl methyl sites for hydroxylation is 1. The maximum Gasteiger partial charge on any atom is 0.343 e. The molecule has 0 aliphatic carbocycles. The number of methoxy groups -OCH3 is 1. The van der Waals surface area contributed by atoms with E-state index in [1.54, 1.807) is 33.7 Å². The highest BCUT2D eigenvalue weighted by molar-refractivity contribution is 6.74. The maximum atomic E-state index is 14.6. The van der Waals surface area contributed by atoms with Crippen molar-refractivity contribution in [1.29, 1.82) is 5.26 Å². The Kier molecular flexibility index (Phi) is 11.1. The Hall–Kier alpha value is -3.73. The first kappa shape index (κ1) is 37.1. The molecule has 0 unspecified atom stereocenters. The Morgan fingerprint density at radius 3 is 2.46 bits per heavy atom. The highest BCUT2D eigenvalue weighted by Crippen LogP contribution is 2.41. The van der Waals surface area contributed by atoms with Gasteiger partial charge in [-0.3, -0.25) is 4.79 Å². The number of nitrogens with zero attached hydrogens (tertiary/aromatic N) is 4. The van der Waals surface area contributed by atoms with Crippen LogP contribution in [0.3, 0.4) is 0 Å². The van der Waals surface area contributed by atoms with Gasteiger partial charge in [-0.1, -0.05) is 46.2 Å². The number of piperidine rings is 1. The third-order valence-electron chi connectivity index (χ3n) is 9.37. The normalized spacial score (nSPS) is 18.0. The first-order valence-electron chi connectivity index (χ1n) is 15.9. The van der Waals surface area contributed by atoms with E-state index in [0.717, 1.165) is 0 Å². The van der Waals surface area contributed by atoms with Gasteiger partial charge < -0.3 is 28.7 Å². The van der Waals surface area contributed by atoms with Crippen molar-refractivity contribution < 1.29 is 27.5 Å². The summed E-state index contributed by atoms with van der Waals surface area (Å²) in [5.74, 6) is -4.84. The fourth-order valence-corrected chi connectivity index (χ4v) is 6.68. The molecular weight excluding hydrogens is 660 g/mol. The standard InChI is InChI=1S/C34H44ClF2N5O5Si/c1-21-18-41(19-22(2)34(21,36)37)31-24(17-38)15-26(35)30(40-31)39-25-10-11-27-23(14-25)16-28(46-20-29(43)45-6)32(44)42(27)12-9-13-47-48(7,8)33(3,4)5/h10-11,14-16,21-22H,9,12-13,18-20H2,1-8H3,(H,39,40)/t21-,22+. The highest BCUT2D eigenvalue weighted by Gasteiger charge is 2.47. The predicted molar refractivity (Wildman–Crippen MR) is 186 cm³/mol. The molecule has 0 amide bonds. The number of nitrogens with one attached hydrogen (secondary N) is 1. The number of carbonyl (C=O) groups excluding carboxylic acids is 1. The number of aromatic nitrogens is 2. The number of fused-ring (bicyclic) bond motifs is 1. The van der Waals surface area contributed by atoms with E-state index in [9.17, 15) is 23.6 Å². The van der Waals surface area contributed by atoms with E-state index in [1.807, 2.05) is 0 Å². The summed E-state index contributed by atoms with van der Waals surface area (Å²) < 4.78 is 47.4. The van der Waals surface area contributed by atoms with Crippen LogP contribution >= 0.6 is 11.6 Å². The molecule has 48 heavy (non-hydrogen) atoms. The van der Waals surface area contributed by atoms with Crippen molar-refractivity contribution in [2.45, 2.75) is 71.6 Å². The summed E-state index contributed by atoms with van der Waals surface area (Å²) in [6, 6.07) is 10.4. The van der Waals surface area contributed by atoms with Gasteiger partial charge in [0.15, 0.2) is 26.5 Å². The summed E-state index contributed by atoms with van der Waals surface area (Å²) in [6.45, 7) is 14.3. The topological polar surface area (TPSA) is 119 Å². The number of hydrogen-bond donors (Lipinski definition) is 1. The average molecular weight is 704 g/mol. The quantitative estimate of drug-likeness (QED) is 0.124. The largest absolute Gasteiger partial charge is 0.476 e. The van der Waals surface area contributed by atoms with Crippen LogP contribution in [0.4, 0.5) is 26.1 Å². The monoisotopic (exact) mass is 703 g/mol. The summed E-state index contributed by atoms with van der Waals surface area (Å²) in [6.07, 6.45) is 0.579. The minimum Gasteiger partial charge on any atom is -0.476 e. The molecule has 4 rings (SSSR count). The third kappa shape index (κ3) is 7.93. The van der Waals surface area contributed by atoms with Crippen molar-refractivity contribution in [3.8, 4) is 11.8 Å². The summed E-state index contributed by atoms with van der Waals surface area (Å²) >= 11 is 6.54. The van der Waals surface area contributed by atoms with Crippen molar-refractivity contribution >= 4 is 54.1 Å². The van der Waals surface area contributed by atoms with Crippen LogP contribution in [0.15, 0.2) is 35.1 Å². The first-order valence-corrected chi connectivity index (χ1v) is 19.2. The Bertz CT molecular complexity index is 1760. The number of rotatable bonds is 11. The van der Waals surface area contributed by atoms with Crippen molar-refractivity contribution in [1.82, 2.24) is 9.55 Å². The van der Waals surface area contributed by atoms with E-state index in [1.165, 1.54) is 27.0 Å². The summed E-state index contributed by atoms with van der Waals surface area (Å²) in [5, 5.41) is 13.9. The Labute approximate surface area is 286 Å². The number of esters is 1. The summed E-state index contributed by atoms with van der Waals surface area (Å²) in [5.41, 5.74) is 0.990. The molecule has 2 atom stereocenters. The molecule has 1 aliphatic heterocycles. The Balaban J connectivity index is 1.67. The van der Waals surface area contributed by atoms with Crippen LogP contribution < -0.4 is 20.5 Å². The number of ether oxygens (including phenoxy) is 2. The minimum absolute atomic E-state index is 0.0164. The van der Waals surface area contributed by atoms with Gasteiger partial charge in [-0.2, -0.15) is 5.26 Å². The lowest BCUT2D eigenvalue weighted by atomic mass is 9.87. The molecular formula is C34H44ClF2N5O5Si. The zero-order valence-corrected chi connectivity index (χ0v) is 30.5. The molecule has 1 aromatic carbocycles. The second-order valence-electron chi connectivity index (χ2n) is 13.9. The van der Waals surface area contributed by atoms with Crippen LogP contribution in [0.25, 0.3) is 10.9 Å². The molecule has 0 radical (unpaired) electrons. The van der Waals surface area contributed by atoms with Crippen molar-refractivity contribution in [2.75, 3.05) is 43.6 Å². The maximum absolute atomic E-state index is 14.6. The van der Waals surface area contributed by atoms with Crippen LogP contribution in [0, 0.1) is 23.2 Å². The molecule has 0 bridgehead atoms. The van der Waals surface area contributed by atoms with E-state index >= 15 is 0 Å². The number of nitriles is 1. The van der Waals surface area contributed by atoms with Gasteiger partial charge >= 0.3 is 5.97 Å². The number of pyridine rings is 2. The van der Waals surface area contributed by atoms with Crippen LogP contribution in [-0.4, -0.2) is 63.2 Å². The van der Waals surface area contributed by atoms with Gasteiger partial charge in [0.1, 0.15) is 11.9 Å². The lowest BCUT2D eigenvalue weighted by Crippen LogP contribution is -2.52. The Morgan fingerprint density at radius 1 is 1.19 bits per heavy atom. The second-order valence-corrected chi connectivity index (χ2v) is 19.1. The number of carbonyl (C=O) groups is 1. The molecule has 2 aromatic heterocycles. The lowest BCUT2D eigenvalue weighted by molar-refractivity contribution is -0.142. The van der Waals surface area contributed by atoms with Gasteiger partial charge in [0, 0.05) is 49.2 Å². The first-order chi connectivity index (χ1) is 22.4. The average Bonchev–Trinajstić information content (AvgIpc) is 3.01. The van der Waals surface area contributed by atoms with Crippen LogP contribution in [0.2, 0.25) is 23.2 Å². The molecule has 1 aliphatic rings. The van der Waals surface area contributed by atoms with Crippen LogP contribution in [-0.2, 0) is 20.5 Å². The summed E-state index contributed by atoms with van der Waals surface area (Å²) in [7, 11) is -0.741. The van der Waals surface area contributed by atoms with Crippen molar-refractivity contribution in [3.63, 3.8) is 0 Å². The number of alkyl halides is 2. The van der Waals surface area contributed by atoms with Gasteiger partial charge in [-0.25, -0.2) is 18.6 Å². The molecule has 14 heteroatoms. The SMILES string of the molecule is COC(=O)COc1cc2cc(Nc3nc(N4C[C@@H](C)C(F)(F)[C@@H](C)C4)c(C#N)cc3Cl)ccc2n(CCCO[Si](C)(C)C(C)(C)C)c1=O. The van der Waals surface area contributed by atoms with Crippen molar-refractivity contribution in [3.05, 3.63) is 51.3 Å². The second kappa shape index (κ2) is 14.4. The summed E-state index contributed by atoms with van der Waals surface area (Å²) in [4.78, 5) is 31.7. The number of benzene rings is 1. The number of anilines is 3. The molecule has 10 nitrogen and oxygen atoms in total. The highest BCUT2D eigenvalue weighted by atomic mass is 35.5. The van der Waals surface area contributed by atoms with E-state index in [2.05, 4.69) is 55.0 Å². The van der Waals surface area contributed by atoms with Gasteiger partial charge in [0.25, 0.3) is 11.5 Å². The molecule has 3 heterocycles. The molecule has 3 aromatic rings. The van der Waals surface area contributed by atoms with E-state index in [0.29, 0.717) is 36.2 Å². The number of hydrogen-bond acceptors (Lipinski definition) is 9. The fourth-order valence-electron chi connectivity index (χ4n) is 5.39. The molecule has 0 saturated carbocycles. The predicted octanol–water partition coefficient (Wildman–Crippen LogP) is 7.36. The lowest BCUT2D eigenvalue weighted by Gasteiger charge is -2.42. The van der Waals surface area contributed by atoms with Crippen LogP contribution in [0.5, 0.6) is 5.75 Å². The van der Waals surface area contributed by atoms with Gasteiger partial charge in [0.05, 0.1) is 23.2 Å². The molecule has 1 fully saturated rings. The smallest absolute Gasteiger partial charge is 0.343 e. The zero-order chi connectivity index (χ0) is 35.6. The molecule has 1 N–H and O–H groups in total. The van der Waals surface area contributed by atoms with Crippen molar-refractivity contribution in [2.24, 2.45) is 11.8 Å². The van der Waals surface area contributed by atoms with E-state index in [-0.39, 0.29) is 46.1 Å². The van der Waals surface area contributed by atoms with E-state index < -0.39 is 44.2 Å². The zero-order valence-electron chi connectivity index (χ0n) is 28.7. The van der Waals surface area contributed by atoms with E-state index in [4.69, 9.17) is 20.8 Å². The van der Waals surface area contributed by atoms with Gasteiger partial charge in [-0.15, -0.1) is 0 Å². The van der Waals surface area contributed by atoms with Gasteiger partial charge in [0.2, 0.25) is 0 Å². The van der Waals surface area contributed by atoms with Gasteiger partial charge in [-0.05, 0) is 54.9 Å². The minimum atomic E-state index is -2.83. The van der Waals surface area contributed by atoms with Crippen LogP contribution in [0.1, 0.15) is 46.6 Å². The Morgan fingerprint density at radius 2 is 1.85 bits per heavy atom.